The number of primary amides is 1. The van der Waals surface area contributed by atoms with Crippen molar-refractivity contribution in [2.45, 2.75) is 11.9 Å². The molecule has 0 aromatic carbocycles. The van der Waals surface area contributed by atoms with Crippen molar-refractivity contribution in [1.82, 2.24) is 5.48 Å². The van der Waals surface area contributed by atoms with Gasteiger partial charge in [-0.1, -0.05) is 12.2 Å². The minimum Gasteiger partial charge on any atom is -0.369 e. The summed E-state index contributed by atoms with van der Waals surface area (Å²) in [7, 11) is -5.84. The molecule has 0 spiro atoms. The molecule has 12 heteroatoms. The number of hydroxylamine groups is 1. The molecular weight excluding hydrogens is 333 g/mol. The van der Waals surface area contributed by atoms with Crippen molar-refractivity contribution in [3.63, 3.8) is 0 Å². The van der Waals surface area contributed by atoms with Crippen molar-refractivity contribution >= 4 is 21.9 Å². The minimum absolute atomic E-state index is 0.0460. The van der Waals surface area contributed by atoms with Crippen molar-refractivity contribution < 1.29 is 40.9 Å². The summed E-state index contributed by atoms with van der Waals surface area (Å²) >= 11 is 0. The summed E-state index contributed by atoms with van der Waals surface area (Å²) in [5.41, 5.74) is 1.29. The Balaban J connectivity index is 0.000000261. The lowest BCUT2D eigenvalue weighted by molar-refractivity contribution is -0.139. The molecule has 0 aromatic heterocycles. The summed E-state index contributed by atoms with van der Waals surface area (Å²) in [6.07, 6.45) is 4.64. The molecule has 8 nitrogen and oxygen atoms in total. The highest BCUT2D eigenvalue weighted by atomic mass is 32.2. The van der Waals surface area contributed by atoms with Gasteiger partial charge in [-0.05, 0) is 18.3 Å². The molecule has 0 saturated heterocycles. The number of carbonyl (C=O) groups excluding carboxylic acids is 2. The van der Waals surface area contributed by atoms with Crippen molar-refractivity contribution in [3.8, 4) is 0 Å². The number of hydrogen-bond donors (Lipinski definition) is 4. The van der Waals surface area contributed by atoms with Crippen molar-refractivity contribution in [3.05, 3.63) is 12.2 Å². The van der Waals surface area contributed by atoms with E-state index >= 15 is 0 Å². The first-order valence-corrected chi connectivity index (χ1v) is 7.29. The van der Waals surface area contributed by atoms with E-state index in [1.165, 1.54) is 0 Å². The van der Waals surface area contributed by atoms with Gasteiger partial charge in [0, 0.05) is 0 Å². The predicted molar refractivity (Wildman–Crippen MR) is 64.4 cm³/mol. The Morgan fingerprint density at radius 1 is 1.18 bits per heavy atom. The number of nitrogens with two attached hydrogens (primary N) is 1. The Kier molecular flexibility index (Phi) is 5.20. The van der Waals surface area contributed by atoms with E-state index in [4.69, 9.17) is 23.9 Å². The maximum absolute atomic E-state index is 11.3. The first-order valence-electron chi connectivity index (χ1n) is 5.85. The van der Waals surface area contributed by atoms with Gasteiger partial charge >= 0.3 is 15.6 Å². The lowest BCUT2D eigenvalue weighted by atomic mass is 9.82. The molecule has 1 saturated carbocycles. The number of nitrogens with one attached hydrogen (secondary N) is 1. The van der Waals surface area contributed by atoms with Gasteiger partial charge in [0.1, 0.15) is 0 Å². The Labute approximate surface area is 122 Å². The highest BCUT2D eigenvalue weighted by Gasteiger charge is 2.50. The second-order valence-corrected chi connectivity index (χ2v) is 6.21. The molecule has 2 rings (SSSR count). The maximum Gasteiger partial charge on any atom is 0.522 e. The van der Waals surface area contributed by atoms with Crippen LogP contribution in [0.2, 0.25) is 0 Å². The van der Waals surface area contributed by atoms with Crippen LogP contribution in [0.5, 0.6) is 0 Å². The molecule has 126 valence electrons. The lowest BCUT2D eigenvalue weighted by Crippen LogP contribution is -2.41. The largest absolute Gasteiger partial charge is 0.522 e. The second kappa shape index (κ2) is 6.22. The zero-order valence-electron chi connectivity index (χ0n) is 10.8. The Bertz CT molecular complexity index is 588. The van der Waals surface area contributed by atoms with Gasteiger partial charge in [-0.15, -0.1) is 0 Å². The molecule has 2 aliphatic rings. The highest BCUT2D eigenvalue weighted by molar-refractivity contribution is 7.86. The van der Waals surface area contributed by atoms with E-state index in [0.29, 0.717) is 0 Å². The van der Waals surface area contributed by atoms with E-state index in [9.17, 15) is 22.8 Å². The first-order chi connectivity index (χ1) is 9.90. The van der Waals surface area contributed by atoms with E-state index in [0.717, 1.165) is 6.42 Å². The van der Waals surface area contributed by atoms with Gasteiger partial charge in [0.15, 0.2) is 0 Å². The monoisotopic (exact) mass is 346 g/mol. The van der Waals surface area contributed by atoms with Crippen LogP contribution in [0.3, 0.4) is 0 Å². The molecule has 2 aliphatic carbocycles. The smallest absolute Gasteiger partial charge is 0.369 e. The fourth-order valence-electron chi connectivity index (χ4n) is 2.64. The standard InChI is InChI=1S/C9H12N2O3.CHF3O3S/c10-8(12)6-4-1-2-5(3-4)7(6)9(13)11-14;2-1(3,4)8(5,6)7/h1-2,4-7,14H,3H2,(H2,10,12)(H,11,13);(H,5,6,7). The van der Waals surface area contributed by atoms with Crippen molar-refractivity contribution in [1.29, 1.82) is 0 Å². The third kappa shape index (κ3) is 3.75. The van der Waals surface area contributed by atoms with Crippen molar-refractivity contribution in [2.75, 3.05) is 0 Å². The van der Waals surface area contributed by atoms with Crippen LogP contribution in [0, 0.1) is 23.7 Å². The number of hydrogen-bond acceptors (Lipinski definition) is 5. The van der Waals surface area contributed by atoms with Gasteiger partial charge in [-0.2, -0.15) is 21.6 Å². The molecule has 1 fully saturated rings. The fourth-order valence-corrected chi connectivity index (χ4v) is 2.64. The van der Waals surface area contributed by atoms with Crippen LogP contribution >= 0.6 is 0 Å². The third-order valence-corrected chi connectivity index (χ3v) is 4.08. The van der Waals surface area contributed by atoms with Gasteiger partial charge in [-0.25, -0.2) is 5.48 Å². The number of amides is 2. The number of alkyl halides is 3. The van der Waals surface area contributed by atoms with Crippen LogP contribution in [0.15, 0.2) is 12.2 Å². The lowest BCUT2D eigenvalue weighted by Gasteiger charge is -2.23. The summed E-state index contributed by atoms with van der Waals surface area (Å²) in [5, 5.41) is 8.55. The third-order valence-electron chi connectivity index (χ3n) is 3.49. The molecule has 2 bridgehead atoms. The molecule has 22 heavy (non-hydrogen) atoms. The summed E-state index contributed by atoms with van der Waals surface area (Å²) in [4.78, 5) is 22.5. The molecule has 0 aromatic rings. The Hall–Kier alpha value is -1.66. The second-order valence-electron chi connectivity index (χ2n) is 4.80. The number of allylic oxidation sites excluding steroid dienone is 2. The van der Waals surface area contributed by atoms with E-state index in [2.05, 4.69) is 0 Å². The van der Waals surface area contributed by atoms with E-state index in [1.807, 2.05) is 12.2 Å². The SMILES string of the molecule is NC(=O)C1C2C=CC(C2)C1C(=O)NO.O=S(=O)(O)C(F)(F)F. The molecular formula is C10H13F3N2O6S. The average molecular weight is 346 g/mol. The molecule has 4 atom stereocenters. The van der Waals surface area contributed by atoms with Gasteiger partial charge < -0.3 is 5.73 Å². The van der Waals surface area contributed by atoms with Crippen LogP contribution in [0.25, 0.3) is 0 Å². The molecule has 0 aliphatic heterocycles. The van der Waals surface area contributed by atoms with Gasteiger partial charge in [0.05, 0.1) is 11.8 Å². The number of rotatable bonds is 2. The Morgan fingerprint density at radius 3 is 1.91 bits per heavy atom. The predicted octanol–water partition coefficient (Wildman–Crippen LogP) is -0.191. The van der Waals surface area contributed by atoms with Crippen LogP contribution in [-0.2, 0) is 19.7 Å². The minimum atomic E-state index is -5.84. The maximum atomic E-state index is 11.3. The van der Waals surface area contributed by atoms with E-state index < -0.39 is 39.3 Å². The molecule has 2 amide bonds. The fraction of sp³-hybridized carbons (Fsp3) is 0.600. The number of halogens is 3. The normalized spacial score (nSPS) is 29.7. The summed E-state index contributed by atoms with van der Waals surface area (Å²) in [6.45, 7) is 0. The Morgan fingerprint density at radius 2 is 1.59 bits per heavy atom. The summed E-state index contributed by atoms with van der Waals surface area (Å²) in [5.74, 6) is -1.81. The topological polar surface area (TPSA) is 147 Å². The van der Waals surface area contributed by atoms with Crippen LogP contribution in [-0.4, -0.2) is 35.5 Å². The molecule has 5 N–H and O–H groups in total. The van der Waals surface area contributed by atoms with Gasteiger partial charge in [0.2, 0.25) is 11.8 Å². The molecule has 0 heterocycles. The van der Waals surface area contributed by atoms with Gasteiger partial charge in [-0.3, -0.25) is 19.3 Å². The quantitative estimate of drug-likeness (QED) is 0.179. The summed E-state index contributed by atoms with van der Waals surface area (Å²) < 4.78 is 57.5. The first kappa shape index (κ1) is 18.4. The van der Waals surface area contributed by atoms with Gasteiger partial charge in [0.25, 0.3) is 0 Å². The zero-order valence-corrected chi connectivity index (χ0v) is 11.6. The molecule has 0 radical (unpaired) electrons. The van der Waals surface area contributed by atoms with Crippen LogP contribution in [0.1, 0.15) is 6.42 Å². The highest BCUT2D eigenvalue weighted by Crippen LogP contribution is 2.47. The molecule has 4 unspecified atom stereocenters. The summed E-state index contributed by atoms with van der Waals surface area (Å²) in [6, 6.07) is 0. The van der Waals surface area contributed by atoms with E-state index in [1.54, 1.807) is 5.48 Å². The zero-order chi connectivity index (χ0) is 17.3. The number of carbonyl (C=O) groups is 2. The van der Waals surface area contributed by atoms with Crippen LogP contribution in [0.4, 0.5) is 13.2 Å². The van der Waals surface area contributed by atoms with Crippen LogP contribution < -0.4 is 11.2 Å². The van der Waals surface area contributed by atoms with Crippen molar-refractivity contribution in [2.24, 2.45) is 29.4 Å². The average Bonchev–Trinajstić information content (AvgIpc) is 2.95. The number of fused-ring (bicyclic) bond motifs is 2. The van der Waals surface area contributed by atoms with E-state index in [-0.39, 0.29) is 11.8 Å².